The number of rotatable bonds is 6. The molecular formula is C13H18BrN3O2. The lowest BCUT2D eigenvalue weighted by molar-refractivity contribution is 0.400. The van der Waals surface area contributed by atoms with Crippen LogP contribution in [0, 0.1) is 0 Å². The van der Waals surface area contributed by atoms with E-state index in [0.717, 1.165) is 34.6 Å². The van der Waals surface area contributed by atoms with E-state index < -0.39 is 0 Å². The van der Waals surface area contributed by atoms with Crippen molar-refractivity contribution >= 4 is 15.9 Å². The van der Waals surface area contributed by atoms with E-state index in [2.05, 4.69) is 33.3 Å². The second-order valence-electron chi connectivity index (χ2n) is 4.26. The molecule has 2 aromatic heterocycles. The molecule has 0 saturated carbocycles. The highest BCUT2D eigenvalue weighted by molar-refractivity contribution is 9.10. The van der Waals surface area contributed by atoms with Crippen molar-refractivity contribution in [1.29, 1.82) is 0 Å². The van der Waals surface area contributed by atoms with E-state index in [1.54, 1.807) is 19.6 Å². The number of aryl methyl sites for hydroxylation is 1. The first kappa shape index (κ1) is 14.1. The molecule has 5 nitrogen and oxygen atoms in total. The highest BCUT2D eigenvalue weighted by Gasteiger charge is 2.25. The van der Waals surface area contributed by atoms with Gasteiger partial charge >= 0.3 is 0 Å². The summed E-state index contributed by atoms with van der Waals surface area (Å²) < 4.78 is 13.3. The number of nitrogens with one attached hydrogen (secondary N) is 1. The van der Waals surface area contributed by atoms with Gasteiger partial charge in [0.05, 0.1) is 25.6 Å². The molecule has 0 radical (unpaired) electrons. The minimum absolute atomic E-state index is 0.0180. The zero-order valence-corrected chi connectivity index (χ0v) is 12.9. The van der Waals surface area contributed by atoms with E-state index in [1.807, 2.05) is 17.8 Å². The van der Waals surface area contributed by atoms with Crippen LogP contribution in [0.1, 0.15) is 30.6 Å². The average Bonchev–Trinajstić information content (AvgIpc) is 2.98. The fourth-order valence-electron chi connectivity index (χ4n) is 2.07. The van der Waals surface area contributed by atoms with Crippen LogP contribution in [0.3, 0.4) is 0 Å². The SMILES string of the molecule is CCCNC(c1ccoc1Br)c1c(OC)cnn1C. The van der Waals surface area contributed by atoms with E-state index in [4.69, 9.17) is 9.15 Å². The first-order valence-electron chi connectivity index (χ1n) is 6.21. The Kier molecular flexibility index (Phi) is 4.66. The van der Waals surface area contributed by atoms with Crippen molar-refractivity contribution in [3.8, 4) is 5.75 Å². The molecule has 1 N–H and O–H groups in total. The standard InChI is InChI=1S/C13H18BrN3O2/c1-4-6-15-11(9-5-7-19-13(9)14)12-10(18-3)8-16-17(12)2/h5,7-8,11,15H,4,6H2,1-3H3. The van der Waals surface area contributed by atoms with Crippen LogP contribution in [-0.4, -0.2) is 23.4 Å². The fraction of sp³-hybridized carbons (Fsp3) is 0.462. The molecule has 1 atom stereocenters. The molecule has 19 heavy (non-hydrogen) atoms. The molecule has 2 heterocycles. The van der Waals surface area contributed by atoms with Crippen molar-refractivity contribution in [2.45, 2.75) is 19.4 Å². The smallest absolute Gasteiger partial charge is 0.174 e. The Hall–Kier alpha value is -1.27. The topological polar surface area (TPSA) is 52.2 Å². The van der Waals surface area contributed by atoms with Crippen molar-refractivity contribution in [1.82, 2.24) is 15.1 Å². The summed E-state index contributed by atoms with van der Waals surface area (Å²) in [4.78, 5) is 0. The van der Waals surface area contributed by atoms with Crippen LogP contribution in [0.5, 0.6) is 5.75 Å². The number of ether oxygens (including phenoxy) is 1. The molecule has 0 aliphatic carbocycles. The summed E-state index contributed by atoms with van der Waals surface area (Å²) in [7, 11) is 3.56. The van der Waals surface area contributed by atoms with Crippen molar-refractivity contribution < 1.29 is 9.15 Å². The Morgan fingerprint density at radius 1 is 1.58 bits per heavy atom. The summed E-state index contributed by atoms with van der Waals surface area (Å²) in [5.41, 5.74) is 2.02. The molecule has 0 fully saturated rings. The maximum atomic E-state index is 5.40. The lowest BCUT2D eigenvalue weighted by Gasteiger charge is -2.19. The van der Waals surface area contributed by atoms with Gasteiger partial charge in [0, 0.05) is 12.6 Å². The lowest BCUT2D eigenvalue weighted by atomic mass is 10.1. The van der Waals surface area contributed by atoms with Gasteiger partial charge in [-0.3, -0.25) is 4.68 Å². The van der Waals surface area contributed by atoms with Gasteiger partial charge in [-0.2, -0.15) is 5.10 Å². The minimum Gasteiger partial charge on any atom is -0.493 e. The van der Waals surface area contributed by atoms with Crippen LogP contribution in [0.15, 0.2) is 27.6 Å². The molecule has 2 rings (SSSR count). The predicted octanol–water partition coefficient (Wildman–Crippen LogP) is 2.87. The summed E-state index contributed by atoms with van der Waals surface area (Å²) in [5, 5.41) is 7.76. The summed E-state index contributed by atoms with van der Waals surface area (Å²) in [6.07, 6.45) is 4.44. The first-order valence-corrected chi connectivity index (χ1v) is 7.00. The number of hydrogen-bond donors (Lipinski definition) is 1. The number of halogens is 1. The normalized spacial score (nSPS) is 12.6. The van der Waals surface area contributed by atoms with Crippen LogP contribution in [0.2, 0.25) is 0 Å². The number of furan rings is 1. The number of methoxy groups -OCH3 is 1. The third-order valence-corrected chi connectivity index (χ3v) is 3.64. The Morgan fingerprint density at radius 3 is 2.95 bits per heavy atom. The first-order chi connectivity index (χ1) is 9.19. The molecule has 0 saturated heterocycles. The van der Waals surface area contributed by atoms with E-state index >= 15 is 0 Å². The molecular weight excluding hydrogens is 310 g/mol. The highest BCUT2D eigenvalue weighted by Crippen LogP contribution is 2.33. The third-order valence-electron chi connectivity index (χ3n) is 3.00. The van der Waals surface area contributed by atoms with Crippen molar-refractivity contribution in [2.24, 2.45) is 7.05 Å². The summed E-state index contributed by atoms with van der Waals surface area (Å²) in [6, 6.07) is 1.93. The van der Waals surface area contributed by atoms with E-state index in [0.29, 0.717) is 0 Å². The molecule has 2 aromatic rings. The summed E-state index contributed by atoms with van der Waals surface area (Å²) >= 11 is 3.44. The number of aromatic nitrogens is 2. The molecule has 0 aliphatic heterocycles. The maximum Gasteiger partial charge on any atom is 0.174 e. The van der Waals surface area contributed by atoms with E-state index in [9.17, 15) is 0 Å². The number of nitrogens with zero attached hydrogens (tertiary/aromatic N) is 2. The summed E-state index contributed by atoms with van der Waals surface area (Å²) in [5.74, 6) is 0.768. The Bertz CT molecular complexity index is 536. The largest absolute Gasteiger partial charge is 0.493 e. The Labute approximate surface area is 121 Å². The Morgan fingerprint density at radius 2 is 2.37 bits per heavy atom. The number of hydrogen-bond acceptors (Lipinski definition) is 4. The molecule has 0 bridgehead atoms. The van der Waals surface area contributed by atoms with Gasteiger partial charge < -0.3 is 14.5 Å². The van der Waals surface area contributed by atoms with Gasteiger partial charge in [-0.1, -0.05) is 6.92 Å². The van der Waals surface area contributed by atoms with E-state index in [-0.39, 0.29) is 6.04 Å². The fourth-order valence-corrected chi connectivity index (χ4v) is 2.54. The van der Waals surface area contributed by atoms with Crippen molar-refractivity contribution in [2.75, 3.05) is 13.7 Å². The van der Waals surface area contributed by atoms with Gasteiger partial charge in [0.1, 0.15) is 5.69 Å². The van der Waals surface area contributed by atoms with Gasteiger partial charge in [0.2, 0.25) is 0 Å². The molecule has 0 spiro atoms. The van der Waals surface area contributed by atoms with Crippen molar-refractivity contribution in [3.63, 3.8) is 0 Å². The molecule has 0 amide bonds. The van der Waals surface area contributed by atoms with E-state index in [1.165, 1.54) is 0 Å². The molecule has 1 unspecified atom stereocenters. The monoisotopic (exact) mass is 327 g/mol. The van der Waals surface area contributed by atoms with Crippen LogP contribution in [0.25, 0.3) is 0 Å². The second kappa shape index (κ2) is 6.25. The van der Waals surface area contributed by atoms with Gasteiger partial charge in [0.25, 0.3) is 0 Å². The minimum atomic E-state index is -0.0180. The molecule has 6 heteroatoms. The predicted molar refractivity (Wildman–Crippen MR) is 76.3 cm³/mol. The molecule has 0 aliphatic rings. The molecule has 0 aromatic carbocycles. The zero-order chi connectivity index (χ0) is 13.8. The van der Waals surface area contributed by atoms with Gasteiger partial charge in [-0.25, -0.2) is 0 Å². The zero-order valence-electron chi connectivity index (χ0n) is 11.3. The molecule has 104 valence electrons. The van der Waals surface area contributed by atoms with Crippen LogP contribution < -0.4 is 10.1 Å². The maximum absolute atomic E-state index is 5.40. The van der Waals surface area contributed by atoms with Crippen LogP contribution >= 0.6 is 15.9 Å². The Balaban J connectivity index is 2.42. The van der Waals surface area contributed by atoms with Crippen LogP contribution in [0.4, 0.5) is 0 Å². The highest BCUT2D eigenvalue weighted by atomic mass is 79.9. The van der Waals surface area contributed by atoms with Gasteiger partial charge in [-0.15, -0.1) is 0 Å². The quantitative estimate of drug-likeness (QED) is 0.886. The third kappa shape index (κ3) is 2.84. The second-order valence-corrected chi connectivity index (χ2v) is 4.98. The lowest BCUT2D eigenvalue weighted by Crippen LogP contribution is -2.25. The van der Waals surface area contributed by atoms with Gasteiger partial charge in [-0.05, 0) is 35.0 Å². The van der Waals surface area contributed by atoms with Crippen molar-refractivity contribution in [3.05, 3.63) is 34.5 Å². The van der Waals surface area contributed by atoms with Gasteiger partial charge in [0.15, 0.2) is 10.4 Å². The summed E-state index contributed by atoms with van der Waals surface area (Å²) in [6.45, 7) is 3.03. The average molecular weight is 328 g/mol. The van der Waals surface area contributed by atoms with Crippen LogP contribution in [-0.2, 0) is 7.05 Å².